The van der Waals surface area contributed by atoms with Crippen molar-refractivity contribution >= 4 is 11.8 Å². The predicted molar refractivity (Wildman–Crippen MR) is 86.7 cm³/mol. The van der Waals surface area contributed by atoms with Crippen molar-refractivity contribution in [1.29, 1.82) is 0 Å². The van der Waals surface area contributed by atoms with Crippen molar-refractivity contribution in [3.8, 4) is 0 Å². The molecule has 1 fully saturated rings. The summed E-state index contributed by atoms with van der Waals surface area (Å²) in [5, 5.41) is 25.0. The van der Waals surface area contributed by atoms with E-state index in [9.17, 15) is 14.6 Å². The normalized spacial score (nSPS) is 16.7. The maximum absolute atomic E-state index is 14.5. The Kier molecular flexibility index (Phi) is 7.10. The fraction of sp³-hybridized carbons (Fsp3) is 0.733. The van der Waals surface area contributed by atoms with Crippen molar-refractivity contribution < 1.29 is 24.1 Å². The number of rotatable bonds is 11. The molecule has 136 valence electrons. The van der Waals surface area contributed by atoms with Crippen LogP contribution in [0.25, 0.3) is 0 Å². The number of halogens is 1. The molecule has 9 heteroatoms. The van der Waals surface area contributed by atoms with Gasteiger partial charge in [-0.3, -0.25) is 0 Å². The number of aliphatic hydroxyl groups is 2. The molecule has 1 aromatic heterocycles. The monoisotopic (exact) mass is 344 g/mol. The van der Waals surface area contributed by atoms with Crippen molar-refractivity contribution in [3.05, 3.63) is 11.5 Å². The molecule has 24 heavy (non-hydrogen) atoms. The van der Waals surface area contributed by atoms with E-state index >= 15 is 0 Å². The van der Waals surface area contributed by atoms with Gasteiger partial charge in [-0.2, -0.15) is 4.98 Å². The molecule has 1 heterocycles. The fourth-order valence-corrected chi connectivity index (χ4v) is 2.21. The summed E-state index contributed by atoms with van der Waals surface area (Å²) in [5.41, 5.74) is 0.359. The lowest BCUT2D eigenvalue weighted by Crippen LogP contribution is -2.27. The van der Waals surface area contributed by atoms with Gasteiger partial charge in [-0.05, 0) is 12.8 Å². The van der Waals surface area contributed by atoms with E-state index in [1.54, 1.807) is 0 Å². The van der Waals surface area contributed by atoms with Crippen LogP contribution in [0.4, 0.5) is 16.2 Å². The van der Waals surface area contributed by atoms with Gasteiger partial charge in [0.05, 0.1) is 31.1 Å². The molecule has 4 N–H and O–H groups in total. The van der Waals surface area contributed by atoms with Crippen molar-refractivity contribution in [1.82, 2.24) is 9.97 Å². The molecule has 0 unspecified atom stereocenters. The lowest BCUT2D eigenvalue weighted by Gasteiger charge is -2.15. The standard InChI is InChI=1S/C15H25FN4O4/c1-23-7-10(21)5-17-14-12(16)13(9-3-4-9)19-15(20-14)18-6-11(22)8-24-2/h9-11,21-22H,3-8H2,1-2H3,(H2,17,18,19,20)/t10-,11-/m1/s1. The zero-order valence-electron chi connectivity index (χ0n) is 14.0. The number of methoxy groups -OCH3 is 2. The van der Waals surface area contributed by atoms with Gasteiger partial charge in [0.2, 0.25) is 5.95 Å². The second-order valence-corrected chi connectivity index (χ2v) is 5.85. The van der Waals surface area contributed by atoms with Gasteiger partial charge in [0.1, 0.15) is 0 Å². The summed E-state index contributed by atoms with van der Waals surface area (Å²) >= 11 is 0. The van der Waals surface area contributed by atoms with Crippen LogP contribution < -0.4 is 10.6 Å². The highest BCUT2D eigenvalue weighted by Crippen LogP contribution is 2.41. The van der Waals surface area contributed by atoms with Gasteiger partial charge in [-0.1, -0.05) is 0 Å². The van der Waals surface area contributed by atoms with E-state index < -0.39 is 18.0 Å². The molecule has 1 aliphatic rings. The smallest absolute Gasteiger partial charge is 0.225 e. The van der Waals surface area contributed by atoms with Crippen LogP contribution in [0.3, 0.4) is 0 Å². The third-order valence-corrected chi connectivity index (χ3v) is 3.56. The predicted octanol–water partition coefficient (Wildman–Crippen LogP) is 0.331. The van der Waals surface area contributed by atoms with Crippen molar-refractivity contribution in [2.24, 2.45) is 0 Å². The summed E-state index contributed by atoms with van der Waals surface area (Å²) in [5.74, 6) is -0.130. The van der Waals surface area contributed by atoms with Crippen LogP contribution in [0.15, 0.2) is 0 Å². The number of anilines is 2. The highest BCUT2D eigenvalue weighted by molar-refractivity contribution is 5.46. The minimum Gasteiger partial charge on any atom is -0.389 e. The number of ether oxygens (including phenoxy) is 2. The molecule has 2 atom stereocenters. The van der Waals surface area contributed by atoms with E-state index in [0.717, 1.165) is 12.8 Å². The molecule has 1 aliphatic carbocycles. The van der Waals surface area contributed by atoms with Gasteiger partial charge in [0, 0.05) is 33.2 Å². The Morgan fingerprint density at radius 3 is 2.21 bits per heavy atom. The Hall–Kier alpha value is -1.55. The highest BCUT2D eigenvalue weighted by atomic mass is 19.1. The first-order chi connectivity index (χ1) is 11.5. The van der Waals surface area contributed by atoms with Gasteiger partial charge in [-0.25, -0.2) is 9.37 Å². The van der Waals surface area contributed by atoms with E-state index in [1.165, 1.54) is 14.2 Å². The zero-order chi connectivity index (χ0) is 17.5. The van der Waals surface area contributed by atoms with Crippen LogP contribution in [0.2, 0.25) is 0 Å². The summed E-state index contributed by atoms with van der Waals surface area (Å²) in [6.45, 7) is 0.619. The van der Waals surface area contributed by atoms with E-state index in [4.69, 9.17) is 9.47 Å². The van der Waals surface area contributed by atoms with Gasteiger partial charge >= 0.3 is 0 Å². The van der Waals surface area contributed by atoms with Gasteiger partial charge < -0.3 is 30.3 Å². The first kappa shape index (κ1) is 18.8. The second-order valence-electron chi connectivity index (χ2n) is 5.85. The van der Waals surface area contributed by atoms with Crippen LogP contribution in [0.5, 0.6) is 0 Å². The molecule has 0 bridgehead atoms. The van der Waals surface area contributed by atoms with E-state index in [-0.39, 0.29) is 44.0 Å². The van der Waals surface area contributed by atoms with Crippen molar-refractivity contribution in [3.63, 3.8) is 0 Å². The Bertz CT molecular complexity index is 530. The average Bonchev–Trinajstić information content (AvgIpc) is 3.38. The van der Waals surface area contributed by atoms with Gasteiger partial charge in [0.15, 0.2) is 11.6 Å². The third-order valence-electron chi connectivity index (χ3n) is 3.56. The Labute approximate surface area is 140 Å². The Morgan fingerprint density at radius 2 is 1.67 bits per heavy atom. The summed E-state index contributed by atoms with van der Waals surface area (Å²) in [4.78, 5) is 8.31. The molecular formula is C15H25FN4O4. The first-order valence-electron chi connectivity index (χ1n) is 7.94. The van der Waals surface area contributed by atoms with Crippen LogP contribution in [0.1, 0.15) is 24.5 Å². The fourth-order valence-electron chi connectivity index (χ4n) is 2.21. The summed E-state index contributed by atoms with van der Waals surface area (Å²) in [6.07, 6.45) is 0.304. The minimum absolute atomic E-state index is 0.0331. The number of aliphatic hydroxyl groups excluding tert-OH is 2. The topological polar surface area (TPSA) is 109 Å². The van der Waals surface area contributed by atoms with Crippen LogP contribution >= 0.6 is 0 Å². The van der Waals surface area contributed by atoms with Crippen LogP contribution in [0, 0.1) is 5.82 Å². The molecule has 0 amide bonds. The van der Waals surface area contributed by atoms with Crippen LogP contribution in [-0.4, -0.2) is 72.9 Å². The molecule has 2 rings (SSSR count). The summed E-state index contributed by atoms with van der Waals surface area (Å²) in [6, 6.07) is 0. The quantitative estimate of drug-likeness (QED) is 0.455. The molecule has 1 aromatic rings. The average molecular weight is 344 g/mol. The van der Waals surface area contributed by atoms with Crippen molar-refractivity contribution in [2.45, 2.75) is 31.0 Å². The number of hydrogen-bond donors (Lipinski definition) is 4. The largest absolute Gasteiger partial charge is 0.389 e. The minimum atomic E-state index is -0.770. The number of nitrogens with one attached hydrogen (secondary N) is 2. The maximum atomic E-state index is 14.5. The van der Waals surface area contributed by atoms with E-state index in [2.05, 4.69) is 20.6 Å². The van der Waals surface area contributed by atoms with E-state index in [1.807, 2.05) is 0 Å². The molecule has 0 spiro atoms. The lowest BCUT2D eigenvalue weighted by molar-refractivity contribution is 0.0726. The second kappa shape index (κ2) is 9.07. The molecule has 0 aliphatic heterocycles. The molecule has 0 saturated heterocycles. The molecule has 8 nitrogen and oxygen atoms in total. The Morgan fingerprint density at radius 1 is 1.08 bits per heavy atom. The summed E-state index contributed by atoms with van der Waals surface area (Å²) in [7, 11) is 2.98. The zero-order valence-corrected chi connectivity index (χ0v) is 14.0. The number of hydrogen-bond acceptors (Lipinski definition) is 8. The number of aromatic nitrogens is 2. The molecular weight excluding hydrogens is 319 g/mol. The SMILES string of the molecule is COC[C@H](O)CNc1nc(NC[C@@H](O)COC)c(F)c(C2CC2)n1. The molecule has 0 aromatic carbocycles. The van der Waals surface area contributed by atoms with Crippen LogP contribution in [-0.2, 0) is 9.47 Å². The van der Waals surface area contributed by atoms with Gasteiger partial charge in [-0.15, -0.1) is 0 Å². The van der Waals surface area contributed by atoms with Crippen molar-refractivity contribution in [2.75, 3.05) is 51.2 Å². The molecule has 0 radical (unpaired) electrons. The Balaban J connectivity index is 2.07. The first-order valence-corrected chi connectivity index (χ1v) is 7.94. The third kappa shape index (κ3) is 5.52. The number of nitrogens with zero attached hydrogens (tertiary/aromatic N) is 2. The highest BCUT2D eigenvalue weighted by Gasteiger charge is 2.30. The molecule has 1 saturated carbocycles. The lowest BCUT2D eigenvalue weighted by atomic mass is 10.2. The van der Waals surface area contributed by atoms with Gasteiger partial charge in [0.25, 0.3) is 0 Å². The summed E-state index contributed by atoms with van der Waals surface area (Å²) < 4.78 is 24.2. The van der Waals surface area contributed by atoms with E-state index in [0.29, 0.717) is 5.69 Å². The maximum Gasteiger partial charge on any atom is 0.225 e.